The number of hydrogen-bond acceptors (Lipinski definition) is 2. The summed E-state index contributed by atoms with van der Waals surface area (Å²) in [4.78, 5) is 0. The van der Waals surface area contributed by atoms with Gasteiger partial charge >= 0.3 is 0 Å². The minimum absolute atomic E-state index is 0.0591. The van der Waals surface area contributed by atoms with E-state index < -0.39 is 0 Å². The lowest BCUT2D eigenvalue weighted by Crippen LogP contribution is -2.41. The van der Waals surface area contributed by atoms with Crippen molar-refractivity contribution >= 4 is 0 Å². The number of aliphatic hydroxyl groups is 1. The fourth-order valence-electron chi connectivity index (χ4n) is 3.15. The monoisotopic (exact) mass is 270 g/mol. The molecular formula is C17H34O2. The molecule has 0 aromatic rings. The third-order valence-corrected chi connectivity index (χ3v) is 5.15. The summed E-state index contributed by atoms with van der Waals surface area (Å²) in [5.41, 5.74) is 0.372. The molecule has 2 heteroatoms. The Morgan fingerprint density at radius 3 is 2.53 bits per heavy atom. The quantitative estimate of drug-likeness (QED) is 0.742. The SMILES string of the molecule is CCCC(C)COC1CC(C(C)(C)CC)CCC1O. The van der Waals surface area contributed by atoms with Crippen molar-refractivity contribution in [3.05, 3.63) is 0 Å². The van der Waals surface area contributed by atoms with Crippen LogP contribution in [0.5, 0.6) is 0 Å². The Bertz CT molecular complexity index is 250. The van der Waals surface area contributed by atoms with Gasteiger partial charge in [0.15, 0.2) is 0 Å². The van der Waals surface area contributed by atoms with Gasteiger partial charge in [0.2, 0.25) is 0 Å². The molecule has 0 aromatic heterocycles. The second-order valence-electron chi connectivity index (χ2n) is 7.19. The summed E-state index contributed by atoms with van der Waals surface area (Å²) in [5, 5.41) is 10.1. The number of hydrogen-bond donors (Lipinski definition) is 1. The zero-order chi connectivity index (χ0) is 14.5. The van der Waals surface area contributed by atoms with Crippen molar-refractivity contribution in [3.63, 3.8) is 0 Å². The van der Waals surface area contributed by atoms with E-state index in [-0.39, 0.29) is 12.2 Å². The van der Waals surface area contributed by atoms with Crippen LogP contribution >= 0.6 is 0 Å². The van der Waals surface area contributed by atoms with Gasteiger partial charge in [-0.2, -0.15) is 0 Å². The van der Waals surface area contributed by atoms with E-state index in [9.17, 15) is 5.11 Å². The Morgan fingerprint density at radius 2 is 1.95 bits per heavy atom. The first kappa shape index (κ1) is 17.0. The Hall–Kier alpha value is -0.0800. The molecule has 1 aliphatic carbocycles. The lowest BCUT2D eigenvalue weighted by molar-refractivity contribution is -0.0933. The highest BCUT2D eigenvalue weighted by Gasteiger charge is 2.37. The number of aliphatic hydroxyl groups excluding tert-OH is 1. The van der Waals surface area contributed by atoms with Gasteiger partial charge in [-0.3, -0.25) is 0 Å². The molecule has 1 rings (SSSR count). The van der Waals surface area contributed by atoms with Crippen LogP contribution in [0.25, 0.3) is 0 Å². The molecule has 0 aromatic carbocycles. The predicted molar refractivity (Wildman–Crippen MR) is 81.2 cm³/mol. The van der Waals surface area contributed by atoms with Crippen molar-refractivity contribution in [1.29, 1.82) is 0 Å². The van der Waals surface area contributed by atoms with E-state index in [0.29, 0.717) is 17.3 Å². The molecule has 0 spiro atoms. The third kappa shape index (κ3) is 5.07. The Morgan fingerprint density at radius 1 is 1.26 bits per heavy atom. The van der Waals surface area contributed by atoms with Gasteiger partial charge in [-0.25, -0.2) is 0 Å². The first-order valence-corrected chi connectivity index (χ1v) is 8.20. The predicted octanol–water partition coefficient (Wildman–Crippen LogP) is 4.41. The minimum atomic E-state index is -0.252. The first-order valence-electron chi connectivity index (χ1n) is 8.20. The highest BCUT2D eigenvalue weighted by atomic mass is 16.5. The molecule has 0 bridgehead atoms. The van der Waals surface area contributed by atoms with Crippen molar-refractivity contribution < 1.29 is 9.84 Å². The van der Waals surface area contributed by atoms with Gasteiger partial charge in [0.25, 0.3) is 0 Å². The lowest BCUT2D eigenvalue weighted by atomic mass is 9.68. The first-order chi connectivity index (χ1) is 8.90. The third-order valence-electron chi connectivity index (χ3n) is 5.15. The van der Waals surface area contributed by atoms with Crippen LogP contribution in [0, 0.1) is 17.3 Å². The maximum atomic E-state index is 10.1. The summed E-state index contributed by atoms with van der Waals surface area (Å²) in [5.74, 6) is 1.30. The van der Waals surface area contributed by atoms with Crippen LogP contribution < -0.4 is 0 Å². The summed E-state index contributed by atoms with van der Waals surface area (Å²) in [6, 6.07) is 0. The van der Waals surface area contributed by atoms with E-state index in [1.165, 1.54) is 19.3 Å². The van der Waals surface area contributed by atoms with E-state index in [1.54, 1.807) is 0 Å². The van der Waals surface area contributed by atoms with E-state index >= 15 is 0 Å². The van der Waals surface area contributed by atoms with Gasteiger partial charge in [-0.1, -0.05) is 47.5 Å². The minimum Gasteiger partial charge on any atom is -0.390 e. The fraction of sp³-hybridized carbons (Fsp3) is 1.00. The molecule has 0 aliphatic heterocycles. The van der Waals surface area contributed by atoms with Crippen LogP contribution in [0.1, 0.15) is 73.1 Å². The average molecular weight is 270 g/mol. The van der Waals surface area contributed by atoms with E-state index in [0.717, 1.165) is 25.9 Å². The number of rotatable bonds is 7. The summed E-state index contributed by atoms with van der Waals surface area (Å²) in [7, 11) is 0. The molecule has 4 unspecified atom stereocenters. The van der Waals surface area contributed by atoms with Crippen molar-refractivity contribution in [2.24, 2.45) is 17.3 Å². The number of ether oxygens (including phenoxy) is 1. The molecule has 0 saturated heterocycles. The molecule has 0 radical (unpaired) electrons. The van der Waals surface area contributed by atoms with Gasteiger partial charge in [0, 0.05) is 6.61 Å². The Balaban J connectivity index is 2.47. The highest BCUT2D eigenvalue weighted by Crippen LogP contribution is 2.41. The second-order valence-corrected chi connectivity index (χ2v) is 7.19. The zero-order valence-corrected chi connectivity index (χ0v) is 13.6. The fourth-order valence-corrected chi connectivity index (χ4v) is 3.15. The topological polar surface area (TPSA) is 29.5 Å². The van der Waals surface area contributed by atoms with Crippen molar-refractivity contribution in [2.45, 2.75) is 85.4 Å². The van der Waals surface area contributed by atoms with Gasteiger partial charge in [0.1, 0.15) is 0 Å². The maximum absolute atomic E-state index is 10.1. The molecule has 0 heterocycles. The smallest absolute Gasteiger partial charge is 0.0836 e. The molecule has 1 N–H and O–H groups in total. The van der Waals surface area contributed by atoms with Crippen LogP contribution in [-0.4, -0.2) is 23.9 Å². The maximum Gasteiger partial charge on any atom is 0.0836 e. The normalized spacial score (nSPS) is 30.3. The molecule has 2 nitrogen and oxygen atoms in total. The summed E-state index contributed by atoms with van der Waals surface area (Å²) < 4.78 is 6.03. The largest absolute Gasteiger partial charge is 0.390 e. The van der Waals surface area contributed by atoms with E-state index in [4.69, 9.17) is 4.74 Å². The molecule has 19 heavy (non-hydrogen) atoms. The second kappa shape index (κ2) is 7.64. The molecule has 1 aliphatic rings. The van der Waals surface area contributed by atoms with Crippen molar-refractivity contribution in [2.75, 3.05) is 6.61 Å². The van der Waals surface area contributed by atoms with Gasteiger partial charge < -0.3 is 9.84 Å². The zero-order valence-electron chi connectivity index (χ0n) is 13.6. The van der Waals surface area contributed by atoms with Crippen LogP contribution in [-0.2, 0) is 4.74 Å². The summed E-state index contributed by atoms with van der Waals surface area (Å²) in [6.45, 7) is 12.2. The van der Waals surface area contributed by atoms with Crippen molar-refractivity contribution in [1.82, 2.24) is 0 Å². The molecular weight excluding hydrogens is 236 g/mol. The van der Waals surface area contributed by atoms with E-state index in [2.05, 4.69) is 34.6 Å². The van der Waals surface area contributed by atoms with Gasteiger partial charge in [-0.15, -0.1) is 0 Å². The average Bonchev–Trinajstić information content (AvgIpc) is 2.38. The lowest BCUT2D eigenvalue weighted by Gasteiger charge is -2.41. The standard InChI is InChI=1S/C17H34O2/c1-6-8-13(3)12-19-16-11-14(9-10-15(16)18)17(4,5)7-2/h13-16,18H,6-12H2,1-5H3. The van der Waals surface area contributed by atoms with Gasteiger partial charge in [-0.05, 0) is 42.9 Å². The van der Waals surface area contributed by atoms with Crippen LogP contribution in [0.15, 0.2) is 0 Å². The molecule has 1 saturated carbocycles. The van der Waals surface area contributed by atoms with Crippen LogP contribution in [0.4, 0.5) is 0 Å². The Kier molecular flexibility index (Phi) is 6.82. The van der Waals surface area contributed by atoms with Crippen molar-refractivity contribution in [3.8, 4) is 0 Å². The summed E-state index contributed by atoms with van der Waals surface area (Å²) >= 11 is 0. The molecule has 4 atom stereocenters. The van der Waals surface area contributed by atoms with E-state index in [1.807, 2.05) is 0 Å². The van der Waals surface area contributed by atoms with Crippen LogP contribution in [0.3, 0.4) is 0 Å². The highest BCUT2D eigenvalue weighted by molar-refractivity contribution is 4.87. The molecule has 0 amide bonds. The molecule has 1 fully saturated rings. The van der Waals surface area contributed by atoms with Crippen LogP contribution in [0.2, 0.25) is 0 Å². The molecule has 114 valence electrons. The Labute approximate surface area is 119 Å². The summed E-state index contributed by atoms with van der Waals surface area (Å²) in [6.07, 6.45) is 6.51. The van der Waals surface area contributed by atoms with Gasteiger partial charge in [0.05, 0.1) is 12.2 Å².